The standard InChI is InChI=1S/C21H26N2O2/c1-21(2)10-15-11-22(14-24)13-20(21)23(12-15)18-8-9-19(25-3)17-7-5-4-6-16(17)18/h4-9,14-15,20H,10-13H2,1-3H3/t15-,20-/m1/s1. The van der Waals surface area contributed by atoms with Crippen LogP contribution in [-0.4, -0.2) is 44.1 Å². The molecule has 0 spiro atoms. The van der Waals surface area contributed by atoms with Crippen LogP contribution in [0.2, 0.25) is 0 Å². The minimum absolute atomic E-state index is 0.182. The number of fused-ring (bicyclic) bond motifs is 5. The number of piperidine rings is 1. The van der Waals surface area contributed by atoms with E-state index in [4.69, 9.17) is 4.74 Å². The second-order valence-electron chi connectivity index (χ2n) is 8.12. The summed E-state index contributed by atoms with van der Waals surface area (Å²) in [6.45, 7) is 7.36. The first kappa shape index (κ1) is 16.2. The predicted molar refractivity (Wildman–Crippen MR) is 101 cm³/mol. The van der Waals surface area contributed by atoms with Crippen LogP contribution in [-0.2, 0) is 4.79 Å². The number of anilines is 1. The lowest BCUT2D eigenvalue weighted by Crippen LogP contribution is -2.53. The summed E-state index contributed by atoms with van der Waals surface area (Å²) in [5, 5.41) is 2.37. The average molecular weight is 338 g/mol. The molecule has 4 heteroatoms. The van der Waals surface area contributed by atoms with Crippen molar-refractivity contribution in [1.82, 2.24) is 4.90 Å². The molecule has 132 valence electrons. The summed E-state index contributed by atoms with van der Waals surface area (Å²) in [5.74, 6) is 1.42. The maximum Gasteiger partial charge on any atom is 0.209 e. The molecule has 2 atom stereocenters. The van der Waals surface area contributed by atoms with Crippen molar-refractivity contribution in [2.45, 2.75) is 26.3 Å². The normalized spacial score (nSPS) is 25.1. The van der Waals surface area contributed by atoms with E-state index >= 15 is 0 Å². The number of methoxy groups -OCH3 is 1. The monoisotopic (exact) mass is 338 g/mol. The van der Waals surface area contributed by atoms with Crippen LogP contribution in [0.4, 0.5) is 5.69 Å². The van der Waals surface area contributed by atoms with E-state index in [-0.39, 0.29) is 5.41 Å². The van der Waals surface area contributed by atoms with Crippen molar-refractivity contribution in [3.63, 3.8) is 0 Å². The molecule has 25 heavy (non-hydrogen) atoms. The van der Waals surface area contributed by atoms with Gasteiger partial charge < -0.3 is 14.5 Å². The van der Waals surface area contributed by atoms with E-state index in [1.165, 1.54) is 17.5 Å². The highest BCUT2D eigenvalue weighted by Gasteiger charge is 2.45. The van der Waals surface area contributed by atoms with E-state index in [0.717, 1.165) is 37.2 Å². The van der Waals surface area contributed by atoms with E-state index in [9.17, 15) is 4.79 Å². The molecule has 3 heterocycles. The van der Waals surface area contributed by atoms with Gasteiger partial charge in [0.25, 0.3) is 0 Å². The maximum absolute atomic E-state index is 11.5. The van der Waals surface area contributed by atoms with Gasteiger partial charge in [-0.25, -0.2) is 0 Å². The fourth-order valence-electron chi connectivity index (χ4n) is 4.90. The lowest BCUT2D eigenvalue weighted by atomic mass is 9.73. The van der Waals surface area contributed by atoms with Gasteiger partial charge in [-0.1, -0.05) is 38.1 Å². The molecule has 3 aliphatic heterocycles. The number of benzene rings is 2. The molecule has 0 aliphatic carbocycles. The predicted octanol–water partition coefficient (Wildman–Crippen LogP) is 3.54. The Labute approximate surface area is 149 Å². The molecular formula is C21H26N2O2. The van der Waals surface area contributed by atoms with E-state index in [1.54, 1.807) is 7.11 Å². The number of hydrogen-bond donors (Lipinski definition) is 0. The summed E-state index contributed by atoms with van der Waals surface area (Å²) in [6, 6.07) is 13.0. The molecule has 3 aliphatic rings. The van der Waals surface area contributed by atoms with Crippen LogP contribution in [0.15, 0.2) is 36.4 Å². The third kappa shape index (κ3) is 2.64. The first-order chi connectivity index (χ1) is 12.0. The number of hydrogen-bond acceptors (Lipinski definition) is 3. The summed E-state index contributed by atoms with van der Waals surface area (Å²) < 4.78 is 5.56. The Morgan fingerprint density at radius 3 is 2.56 bits per heavy atom. The molecule has 4 nitrogen and oxygen atoms in total. The molecule has 0 N–H and O–H groups in total. The summed E-state index contributed by atoms with van der Waals surface area (Å²) >= 11 is 0. The fraction of sp³-hybridized carbons (Fsp3) is 0.476. The lowest BCUT2D eigenvalue weighted by Gasteiger charge is -2.48. The highest BCUT2D eigenvalue weighted by molar-refractivity contribution is 5.98. The Morgan fingerprint density at radius 2 is 1.84 bits per heavy atom. The summed E-state index contributed by atoms with van der Waals surface area (Å²) in [4.78, 5) is 16.0. The highest BCUT2D eigenvalue weighted by atomic mass is 16.5. The van der Waals surface area contributed by atoms with Gasteiger partial charge in [0.15, 0.2) is 0 Å². The molecule has 3 saturated heterocycles. The van der Waals surface area contributed by atoms with Crippen molar-refractivity contribution in [3.8, 4) is 5.75 Å². The molecular weight excluding hydrogens is 312 g/mol. The molecule has 0 unspecified atom stereocenters. The molecule has 2 aromatic rings. The van der Waals surface area contributed by atoms with Crippen molar-refractivity contribution in [3.05, 3.63) is 36.4 Å². The molecule has 3 fully saturated rings. The molecule has 0 aromatic heterocycles. The van der Waals surface area contributed by atoms with Gasteiger partial charge in [0.05, 0.1) is 13.2 Å². The number of carbonyl (C=O) groups excluding carboxylic acids is 1. The molecule has 5 rings (SSSR count). The Hall–Kier alpha value is -2.23. The van der Waals surface area contributed by atoms with Gasteiger partial charge in [-0.2, -0.15) is 0 Å². The second kappa shape index (κ2) is 5.94. The smallest absolute Gasteiger partial charge is 0.209 e. The summed E-state index contributed by atoms with van der Waals surface area (Å²) in [6.07, 6.45) is 2.20. The number of ether oxygens (including phenoxy) is 1. The third-order valence-corrected chi connectivity index (χ3v) is 5.99. The molecule has 2 bridgehead atoms. The van der Waals surface area contributed by atoms with Gasteiger partial charge in [0.2, 0.25) is 6.41 Å². The second-order valence-corrected chi connectivity index (χ2v) is 8.12. The average Bonchev–Trinajstić information content (AvgIpc) is 2.87. The zero-order valence-electron chi connectivity index (χ0n) is 15.2. The van der Waals surface area contributed by atoms with E-state index in [0.29, 0.717) is 12.0 Å². The highest BCUT2D eigenvalue weighted by Crippen LogP contribution is 2.45. The minimum Gasteiger partial charge on any atom is -0.496 e. The van der Waals surface area contributed by atoms with Gasteiger partial charge in [0.1, 0.15) is 5.75 Å². The molecule has 0 radical (unpaired) electrons. The topological polar surface area (TPSA) is 32.8 Å². The van der Waals surface area contributed by atoms with Gasteiger partial charge in [0, 0.05) is 36.1 Å². The third-order valence-electron chi connectivity index (χ3n) is 5.99. The maximum atomic E-state index is 11.5. The summed E-state index contributed by atoms with van der Waals surface area (Å²) in [7, 11) is 1.72. The van der Waals surface area contributed by atoms with Crippen LogP contribution < -0.4 is 9.64 Å². The minimum atomic E-state index is 0.182. The fourth-order valence-corrected chi connectivity index (χ4v) is 4.90. The Morgan fingerprint density at radius 1 is 1.08 bits per heavy atom. The lowest BCUT2D eigenvalue weighted by molar-refractivity contribution is -0.118. The first-order valence-electron chi connectivity index (χ1n) is 9.05. The number of carbonyl (C=O) groups is 1. The number of amides is 1. The van der Waals surface area contributed by atoms with Crippen LogP contribution in [0, 0.1) is 11.3 Å². The quantitative estimate of drug-likeness (QED) is 0.803. The number of nitrogens with zero attached hydrogens (tertiary/aromatic N) is 2. The zero-order chi connectivity index (χ0) is 17.6. The molecule has 2 aromatic carbocycles. The first-order valence-corrected chi connectivity index (χ1v) is 9.05. The van der Waals surface area contributed by atoms with Crippen molar-refractivity contribution in [2.75, 3.05) is 31.6 Å². The van der Waals surface area contributed by atoms with Crippen LogP contribution in [0.3, 0.4) is 0 Å². The SMILES string of the molecule is COc1ccc(N2C[C@H]3CN(C=O)C[C@@H]2C(C)(C)C3)c2ccccc12. The van der Waals surface area contributed by atoms with E-state index in [2.05, 4.69) is 55.1 Å². The van der Waals surface area contributed by atoms with Crippen molar-refractivity contribution < 1.29 is 9.53 Å². The number of rotatable bonds is 3. The van der Waals surface area contributed by atoms with Gasteiger partial charge in [-0.3, -0.25) is 4.79 Å². The van der Waals surface area contributed by atoms with Gasteiger partial charge in [-0.05, 0) is 29.9 Å². The van der Waals surface area contributed by atoms with Crippen molar-refractivity contribution in [2.24, 2.45) is 11.3 Å². The Bertz CT molecular complexity index is 802. The summed E-state index contributed by atoms with van der Waals surface area (Å²) in [5.41, 5.74) is 1.44. The van der Waals surface area contributed by atoms with Crippen molar-refractivity contribution >= 4 is 22.9 Å². The van der Waals surface area contributed by atoms with Crippen molar-refractivity contribution in [1.29, 1.82) is 0 Å². The van der Waals surface area contributed by atoms with Crippen LogP contribution in [0.25, 0.3) is 10.8 Å². The zero-order valence-corrected chi connectivity index (χ0v) is 15.2. The molecule has 1 amide bonds. The van der Waals surface area contributed by atoms with Crippen LogP contribution >= 0.6 is 0 Å². The Kier molecular flexibility index (Phi) is 3.86. The Balaban J connectivity index is 1.84. The van der Waals surface area contributed by atoms with E-state index in [1.807, 2.05) is 4.90 Å². The van der Waals surface area contributed by atoms with Gasteiger partial charge >= 0.3 is 0 Å². The molecule has 0 saturated carbocycles. The van der Waals surface area contributed by atoms with E-state index < -0.39 is 0 Å². The largest absolute Gasteiger partial charge is 0.496 e. The van der Waals surface area contributed by atoms with Gasteiger partial charge in [-0.15, -0.1) is 0 Å². The van der Waals surface area contributed by atoms with Crippen LogP contribution in [0.1, 0.15) is 20.3 Å². The van der Waals surface area contributed by atoms with Crippen LogP contribution in [0.5, 0.6) is 5.75 Å².